The van der Waals surface area contributed by atoms with E-state index in [1.54, 1.807) is 0 Å². The molecule has 11 rings (SSSR count). The van der Waals surface area contributed by atoms with Crippen molar-refractivity contribution in [1.82, 2.24) is 28.7 Å². The molecular formula is C45H30N6. The summed E-state index contributed by atoms with van der Waals surface area (Å²) in [5, 5.41) is 7.06. The second-order valence-electron chi connectivity index (χ2n) is 13.2. The van der Waals surface area contributed by atoms with Gasteiger partial charge in [0.2, 0.25) is 11.9 Å². The molecule has 4 aromatic heterocycles. The SMILES string of the molecule is C1=CCC(n2c3ccccc3c3c4c(ccc32)c2ccccc2n4-c2nc(-c3ccccc3)nc(-n3c4ccccc4c4ccccc43)n2)C=C1. The summed E-state index contributed by atoms with van der Waals surface area (Å²) >= 11 is 0. The van der Waals surface area contributed by atoms with Crippen LogP contribution in [0.1, 0.15) is 12.5 Å². The second-order valence-corrected chi connectivity index (χ2v) is 13.2. The van der Waals surface area contributed by atoms with Gasteiger partial charge in [-0.2, -0.15) is 15.0 Å². The fourth-order valence-electron chi connectivity index (χ4n) is 8.27. The minimum atomic E-state index is 0.219. The van der Waals surface area contributed by atoms with Crippen molar-refractivity contribution in [3.8, 4) is 23.3 Å². The monoisotopic (exact) mass is 654 g/mol. The molecule has 0 fully saturated rings. The first-order valence-electron chi connectivity index (χ1n) is 17.4. The third-order valence-corrected chi connectivity index (χ3v) is 10.4. The number of hydrogen-bond acceptors (Lipinski definition) is 3. The van der Waals surface area contributed by atoms with Gasteiger partial charge in [0.1, 0.15) is 0 Å². The zero-order valence-corrected chi connectivity index (χ0v) is 27.6. The highest BCUT2D eigenvalue weighted by Gasteiger charge is 2.25. The molecule has 1 atom stereocenters. The Kier molecular flexibility index (Phi) is 5.98. The number of nitrogens with zero attached hydrogens (tertiary/aromatic N) is 6. The van der Waals surface area contributed by atoms with Crippen LogP contribution in [0, 0.1) is 0 Å². The summed E-state index contributed by atoms with van der Waals surface area (Å²) in [5.74, 6) is 1.78. The lowest BCUT2D eigenvalue weighted by molar-refractivity contribution is 0.648. The Morgan fingerprint density at radius 1 is 0.451 bits per heavy atom. The Hall–Kier alpha value is -6.79. The van der Waals surface area contributed by atoms with Crippen molar-refractivity contribution in [2.24, 2.45) is 0 Å². The third kappa shape index (κ3) is 4.07. The van der Waals surface area contributed by atoms with Crippen molar-refractivity contribution in [1.29, 1.82) is 0 Å². The molecule has 1 unspecified atom stereocenters. The van der Waals surface area contributed by atoms with Gasteiger partial charge in [-0.05, 0) is 36.8 Å². The van der Waals surface area contributed by atoms with Crippen LogP contribution in [0.4, 0.5) is 0 Å². The Labute approximate surface area is 292 Å². The molecule has 51 heavy (non-hydrogen) atoms. The highest BCUT2D eigenvalue weighted by molar-refractivity contribution is 6.25. The first kappa shape index (κ1) is 28.1. The molecule has 0 N–H and O–H groups in total. The number of fused-ring (bicyclic) bond motifs is 10. The van der Waals surface area contributed by atoms with E-state index in [4.69, 9.17) is 15.0 Å². The van der Waals surface area contributed by atoms with E-state index in [1.807, 2.05) is 18.2 Å². The third-order valence-electron chi connectivity index (χ3n) is 10.4. The Balaban J connectivity index is 1.30. The largest absolute Gasteiger partial charge is 0.333 e. The van der Waals surface area contributed by atoms with Crippen LogP contribution in [0.2, 0.25) is 0 Å². The summed E-state index contributed by atoms with van der Waals surface area (Å²) < 4.78 is 6.95. The number of hydrogen-bond donors (Lipinski definition) is 0. The summed E-state index contributed by atoms with van der Waals surface area (Å²) in [6.45, 7) is 0. The van der Waals surface area contributed by atoms with Crippen LogP contribution in [-0.4, -0.2) is 28.7 Å². The standard InChI is InChI=1S/C45H30N6/c1-3-15-29(16-4-1)43-46-44(50-36-23-11-7-19-31(36)32-20-8-12-24-37(32)50)48-45(47-43)51-38-25-13-9-21-33(38)34-27-28-40-41(42(34)51)35-22-10-14-26-39(35)49(40)30-17-5-2-6-18-30/h1-17,19-28,30H,18H2. The van der Waals surface area contributed by atoms with E-state index in [-0.39, 0.29) is 6.04 Å². The zero-order valence-electron chi connectivity index (χ0n) is 27.6. The van der Waals surface area contributed by atoms with Crippen LogP contribution in [0.3, 0.4) is 0 Å². The summed E-state index contributed by atoms with van der Waals surface area (Å²) in [7, 11) is 0. The van der Waals surface area contributed by atoms with Crippen LogP contribution in [-0.2, 0) is 0 Å². The summed E-state index contributed by atoms with van der Waals surface area (Å²) in [5.41, 5.74) is 7.59. The van der Waals surface area contributed by atoms with Crippen LogP contribution in [0.15, 0.2) is 164 Å². The molecule has 0 amide bonds. The second kappa shape index (κ2) is 10.9. The van der Waals surface area contributed by atoms with Gasteiger partial charge in [-0.1, -0.05) is 133 Å². The molecular weight excluding hydrogens is 625 g/mol. The maximum Gasteiger partial charge on any atom is 0.240 e. The van der Waals surface area contributed by atoms with Gasteiger partial charge in [0.15, 0.2) is 5.82 Å². The number of allylic oxidation sites excluding steroid dienone is 4. The Morgan fingerprint density at radius 2 is 1.02 bits per heavy atom. The summed E-state index contributed by atoms with van der Waals surface area (Å²) in [4.78, 5) is 15.9. The molecule has 240 valence electrons. The molecule has 1 aliphatic carbocycles. The van der Waals surface area contributed by atoms with Crippen molar-refractivity contribution in [3.63, 3.8) is 0 Å². The van der Waals surface area contributed by atoms with E-state index in [0.29, 0.717) is 17.7 Å². The maximum absolute atomic E-state index is 5.40. The van der Waals surface area contributed by atoms with Crippen LogP contribution in [0.5, 0.6) is 0 Å². The van der Waals surface area contributed by atoms with Crippen molar-refractivity contribution >= 4 is 65.4 Å². The zero-order chi connectivity index (χ0) is 33.5. The smallest absolute Gasteiger partial charge is 0.240 e. The van der Waals surface area contributed by atoms with Crippen molar-refractivity contribution in [3.05, 3.63) is 164 Å². The molecule has 6 nitrogen and oxygen atoms in total. The first-order valence-corrected chi connectivity index (χ1v) is 17.4. The fourth-order valence-corrected chi connectivity index (χ4v) is 8.27. The fraction of sp³-hybridized carbons (Fsp3) is 0.0444. The van der Waals surface area contributed by atoms with E-state index in [0.717, 1.165) is 50.2 Å². The molecule has 10 aromatic rings. The number of aromatic nitrogens is 6. The first-order chi connectivity index (χ1) is 25.3. The molecule has 6 aromatic carbocycles. The molecule has 0 radical (unpaired) electrons. The topological polar surface area (TPSA) is 53.5 Å². The molecule has 4 heterocycles. The predicted octanol–water partition coefficient (Wildman–Crippen LogP) is 10.9. The van der Waals surface area contributed by atoms with Gasteiger partial charge in [0, 0.05) is 43.4 Å². The Morgan fingerprint density at radius 3 is 1.69 bits per heavy atom. The van der Waals surface area contributed by atoms with Crippen LogP contribution < -0.4 is 0 Å². The molecule has 6 heteroatoms. The highest BCUT2D eigenvalue weighted by Crippen LogP contribution is 2.42. The normalized spacial score (nSPS) is 14.6. The molecule has 0 bridgehead atoms. The van der Waals surface area contributed by atoms with Gasteiger partial charge >= 0.3 is 0 Å². The van der Waals surface area contributed by atoms with E-state index < -0.39 is 0 Å². The van der Waals surface area contributed by atoms with Crippen molar-refractivity contribution in [2.75, 3.05) is 0 Å². The predicted molar refractivity (Wildman–Crippen MR) is 209 cm³/mol. The van der Waals surface area contributed by atoms with Gasteiger partial charge < -0.3 is 4.57 Å². The number of rotatable bonds is 4. The molecule has 0 saturated carbocycles. The van der Waals surface area contributed by atoms with E-state index in [2.05, 4.69) is 159 Å². The average molecular weight is 655 g/mol. The molecule has 0 spiro atoms. The summed E-state index contributed by atoms with van der Waals surface area (Å²) in [6.07, 6.45) is 9.81. The van der Waals surface area contributed by atoms with E-state index >= 15 is 0 Å². The lowest BCUT2D eigenvalue weighted by Crippen LogP contribution is -2.10. The van der Waals surface area contributed by atoms with Gasteiger partial charge in [0.25, 0.3) is 0 Å². The number of benzene rings is 6. The number of para-hydroxylation sites is 4. The van der Waals surface area contributed by atoms with Crippen LogP contribution in [0.25, 0.3) is 88.7 Å². The molecule has 0 aliphatic heterocycles. The van der Waals surface area contributed by atoms with Crippen molar-refractivity contribution < 1.29 is 0 Å². The van der Waals surface area contributed by atoms with Crippen LogP contribution >= 0.6 is 0 Å². The van der Waals surface area contributed by atoms with Gasteiger partial charge in [0.05, 0.1) is 33.6 Å². The van der Waals surface area contributed by atoms with Gasteiger partial charge in [-0.25, -0.2) is 0 Å². The minimum Gasteiger partial charge on any atom is -0.333 e. The highest BCUT2D eigenvalue weighted by atomic mass is 15.3. The van der Waals surface area contributed by atoms with E-state index in [1.165, 1.54) is 27.2 Å². The lowest BCUT2D eigenvalue weighted by atomic mass is 10.1. The quantitative estimate of drug-likeness (QED) is 0.190. The van der Waals surface area contributed by atoms with Crippen molar-refractivity contribution in [2.45, 2.75) is 12.5 Å². The van der Waals surface area contributed by atoms with E-state index in [9.17, 15) is 0 Å². The minimum absolute atomic E-state index is 0.219. The molecule has 1 aliphatic rings. The molecule has 0 saturated heterocycles. The summed E-state index contributed by atoms with van der Waals surface area (Å²) in [6, 6.07) is 49.4. The lowest BCUT2D eigenvalue weighted by Gasteiger charge is -2.18. The van der Waals surface area contributed by atoms with Gasteiger partial charge in [-0.15, -0.1) is 0 Å². The average Bonchev–Trinajstić information content (AvgIpc) is 3.84. The maximum atomic E-state index is 5.40. The Bertz CT molecular complexity index is 3010. The van der Waals surface area contributed by atoms with Gasteiger partial charge in [-0.3, -0.25) is 9.13 Å².